The van der Waals surface area contributed by atoms with Crippen molar-refractivity contribution in [1.29, 1.82) is 0 Å². The van der Waals surface area contributed by atoms with E-state index in [1.807, 2.05) is 41.5 Å². The summed E-state index contributed by atoms with van der Waals surface area (Å²) in [6.45, 7) is 5.29. The van der Waals surface area contributed by atoms with E-state index in [0.717, 1.165) is 5.52 Å². The Morgan fingerprint density at radius 1 is 1.37 bits per heavy atom. The highest BCUT2D eigenvalue weighted by Gasteiger charge is 2.26. The normalized spacial score (nSPS) is 23.8. The Labute approximate surface area is 111 Å². The molecule has 0 N–H and O–H groups in total. The van der Waals surface area contributed by atoms with Crippen molar-refractivity contribution in [2.24, 2.45) is 0 Å². The fraction of sp³-hybridized carbons (Fsp3) is 0.429. The number of fused-ring (bicyclic) bond motifs is 1. The number of pyridine rings is 1. The molecule has 0 saturated carbocycles. The molecule has 2 aromatic rings. The maximum absolute atomic E-state index is 12.5. The van der Waals surface area contributed by atoms with Gasteiger partial charge in [0.25, 0.3) is 5.91 Å². The first-order valence-corrected chi connectivity index (χ1v) is 6.50. The quantitative estimate of drug-likeness (QED) is 0.781. The van der Waals surface area contributed by atoms with Gasteiger partial charge >= 0.3 is 0 Å². The van der Waals surface area contributed by atoms with Crippen molar-refractivity contribution in [2.45, 2.75) is 26.1 Å². The molecule has 1 aliphatic heterocycles. The molecule has 0 bridgehead atoms. The van der Waals surface area contributed by atoms with Crippen LogP contribution in [-0.2, 0) is 4.74 Å². The number of nitrogens with zero attached hydrogens (tertiary/aromatic N) is 3. The minimum Gasteiger partial charge on any atom is -0.372 e. The van der Waals surface area contributed by atoms with Crippen LogP contribution in [0.1, 0.15) is 24.2 Å². The second kappa shape index (κ2) is 4.66. The standard InChI is InChI=1S/C14H17N3O2/c1-10-7-17(8-11(2)19-10)14(18)12-3-4-16-9-15-6-13(16)5-12/h3-6,9-11H,7-8H2,1-2H3. The molecule has 0 spiro atoms. The van der Waals surface area contributed by atoms with Gasteiger partial charge in [-0.15, -0.1) is 0 Å². The summed E-state index contributed by atoms with van der Waals surface area (Å²) in [4.78, 5) is 18.4. The fourth-order valence-electron chi connectivity index (χ4n) is 2.58. The lowest BCUT2D eigenvalue weighted by molar-refractivity contribution is -0.0586. The van der Waals surface area contributed by atoms with Gasteiger partial charge < -0.3 is 14.0 Å². The molecule has 1 saturated heterocycles. The topological polar surface area (TPSA) is 46.8 Å². The van der Waals surface area contributed by atoms with E-state index in [9.17, 15) is 4.79 Å². The highest BCUT2D eigenvalue weighted by Crippen LogP contribution is 2.15. The average molecular weight is 259 g/mol. The third-order valence-corrected chi connectivity index (χ3v) is 3.37. The summed E-state index contributed by atoms with van der Waals surface area (Å²) in [5.74, 6) is 0.0608. The summed E-state index contributed by atoms with van der Waals surface area (Å²) in [7, 11) is 0. The number of carbonyl (C=O) groups excluding carboxylic acids is 1. The maximum Gasteiger partial charge on any atom is 0.254 e. The van der Waals surface area contributed by atoms with Gasteiger partial charge in [0, 0.05) is 24.8 Å². The van der Waals surface area contributed by atoms with Crippen molar-refractivity contribution in [2.75, 3.05) is 13.1 Å². The van der Waals surface area contributed by atoms with Crippen molar-refractivity contribution in [1.82, 2.24) is 14.3 Å². The molecule has 3 heterocycles. The summed E-state index contributed by atoms with van der Waals surface area (Å²) in [6.07, 6.45) is 5.52. The number of hydrogen-bond acceptors (Lipinski definition) is 3. The van der Waals surface area contributed by atoms with Crippen molar-refractivity contribution in [3.05, 3.63) is 36.4 Å². The van der Waals surface area contributed by atoms with Crippen LogP contribution in [0.5, 0.6) is 0 Å². The Kier molecular flexibility index (Phi) is 2.98. The van der Waals surface area contributed by atoms with Crippen LogP contribution in [0.2, 0.25) is 0 Å². The highest BCUT2D eigenvalue weighted by molar-refractivity contribution is 5.95. The summed E-state index contributed by atoms with van der Waals surface area (Å²) in [6, 6.07) is 3.71. The molecular formula is C14H17N3O2. The van der Waals surface area contributed by atoms with Crippen LogP contribution in [0.4, 0.5) is 0 Å². The number of rotatable bonds is 1. The molecule has 2 aromatic heterocycles. The van der Waals surface area contributed by atoms with E-state index in [1.165, 1.54) is 0 Å². The van der Waals surface area contributed by atoms with Crippen LogP contribution >= 0.6 is 0 Å². The monoisotopic (exact) mass is 259 g/mol. The first kappa shape index (κ1) is 12.2. The second-order valence-electron chi connectivity index (χ2n) is 5.11. The molecule has 1 amide bonds. The van der Waals surface area contributed by atoms with Crippen LogP contribution < -0.4 is 0 Å². The zero-order chi connectivity index (χ0) is 13.4. The molecule has 19 heavy (non-hydrogen) atoms. The van der Waals surface area contributed by atoms with Crippen molar-refractivity contribution in [3.8, 4) is 0 Å². The van der Waals surface area contributed by atoms with Gasteiger partial charge in [0.2, 0.25) is 0 Å². The Morgan fingerprint density at radius 3 is 2.84 bits per heavy atom. The first-order chi connectivity index (χ1) is 9.13. The third-order valence-electron chi connectivity index (χ3n) is 3.37. The van der Waals surface area contributed by atoms with Gasteiger partial charge in [-0.3, -0.25) is 4.79 Å². The van der Waals surface area contributed by atoms with Crippen molar-refractivity contribution < 1.29 is 9.53 Å². The third kappa shape index (κ3) is 2.33. The number of carbonyl (C=O) groups is 1. The Hall–Kier alpha value is -1.88. The first-order valence-electron chi connectivity index (χ1n) is 6.50. The molecule has 3 rings (SSSR count). The molecule has 0 radical (unpaired) electrons. The zero-order valence-corrected chi connectivity index (χ0v) is 11.1. The van der Waals surface area contributed by atoms with Crippen LogP contribution in [0.25, 0.3) is 5.52 Å². The van der Waals surface area contributed by atoms with Gasteiger partial charge in [-0.1, -0.05) is 0 Å². The second-order valence-corrected chi connectivity index (χ2v) is 5.11. The predicted molar refractivity (Wildman–Crippen MR) is 71.1 cm³/mol. The van der Waals surface area contributed by atoms with Crippen molar-refractivity contribution >= 4 is 11.4 Å². The van der Waals surface area contributed by atoms with Gasteiger partial charge in [-0.05, 0) is 26.0 Å². The molecular weight excluding hydrogens is 242 g/mol. The Balaban J connectivity index is 1.86. The number of morpholine rings is 1. The van der Waals surface area contributed by atoms with E-state index in [0.29, 0.717) is 18.7 Å². The molecule has 100 valence electrons. The average Bonchev–Trinajstić information content (AvgIpc) is 2.83. The molecule has 5 nitrogen and oxygen atoms in total. The van der Waals surface area contributed by atoms with Crippen LogP contribution in [0, 0.1) is 0 Å². The van der Waals surface area contributed by atoms with Gasteiger partial charge in [-0.25, -0.2) is 4.98 Å². The molecule has 2 atom stereocenters. The minimum absolute atomic E-state index is 0.0608. The number of hydrogen-bond donors (Lipinski definition) is 0. The zero-order valence-electron chi connectivity index (χ0n) is 11.1. The van der Waals surface area contributed by atoms with E-state index in [-0.39, 0.29) is 18.1 Å². The minimum atomic E-state index is 0.0608. The molecule has 5 heteroatoms. The number of ether oxygens (including phenoxy) is 1. The number of aromatic nitrogens is 2. The molecule has 1 aliphatic rings. The Bertz CT molecular complexity index is 598. The number of imidazole rings is 1. The van der Waals surface area contributed by atoms with Gasteiger partial charge in [0.1, 0.15) is 0 Å². The van der Waals surface area contributed by atoms with Crippen molar-refractivity contribution in [3.63, 3.8) is 0 Å². The summed E-state index contributed by atoms with van der Waals surface area (Å²) >= 11 is 0. The van der Waals surface area contributed by atoms with Crippen LogP contribution in [-0.4, -0.2) is 45.5 Å². The van der Waals surface area contributed by atoms with E-state index >= 15 is 0 Å². The van der Waals surface area contributed by atoms with E-state index < -0.39 is 0 Å². The molecule has 0 aromatic carbocycles. The van der Waals surface area contributed by atoms with Gasteiger partial charge in [0.05, 0.1) is 30.2 Å². The SMILES string of the molecule is CC1CN(C(=O)c2ccn3cncc3c2)CC(C)O1. The fourth-order valence-corrected chi connectivity index (χ4v) is 2.58. The lowest BCUT2D eigenvalue weighted by atomic mass is 10.1. The summed E-state index contributed by atoms with van der Waals surface area (Å²) in [5.41, 5.74) is 1.63. The molecule has 1 fully saturated rings. The maximum atomic E-state index is 12.5. The summed E-state index contributed by atoms with van der Waals surface area (Å²) < 4.78 is 7.54. The smallest absolute Gasteiger partial charge is 0.254 e. The number of amides is 1. The van der Waals surface area contributed by atoms with Crippen LogP contribution in [0.3, 0.4) is 0 Å². The van der Waals surface area contributed by atoms with E-state index in [1.54, 1.807) is 12.5 Å². The van der Waals surface area contributed by atoms with Gasteiger partial charge in [-0.2, -0.15) is 0 Å². The Morgan fingerprint density at radius 2 is 2.11 bits per heavy atom. The predicted octanol–water partition coefficient (Wildman–Crippen LogP) is 1.58. The molecule has 2 unspecified atom stereocenters. The van der Waals surface area contributed by atoms with E-state index in [2.05, 4.69) is 4.98 Å². The van der Waals surface area contributed by atoms with Crippen LogP contribution in [0.15, 0.2) is 30.9 Å². The lowest BCUT2D eigenvalue weighted by Gasteiger charge is -2.35. The largest absolute Gasteiger partial charge is 0.372 e. The van der Waals surface area contributed by atoms with Gasteiger partial charge in [0.15, 0.2) is 0 Å². The lowest BCUT2D eigenvalue weighted by Crippen LogP contribution is -2.48. The highest BCUT2D eigenvalue weighted by atomic mass is 16.5. The van der Waals surface area contributed by atoms with E-state index in [4.69, 9.17) is 4.74 Å². The molecule has 0 aliphatic carbocycles. The summed E-state index contributed by atoms with van der Waals surface area (Å²) in [5, 5.41) is 0.